The Kier molecular flexibility index (Phi) is 3.69. The zero-order valence-corrected chi connectivity index (χ0v) is 12.9. The van der Waals surface area contributed by atoms with Crippen LogP contribution in [0, 0.1) is 12.8 Å². The number of anilines is 3. The van der Waals surface area contributed by atoms with E-state index >= 15 is 0 Å². The van der Waals surface area contributed by atoms with Gasteiger partial charge in [-0.25, -0.2) is 9.97 Å². The van der Waals surface area contributed by atoms with Crippen molar-refractivity contribution < 1.29 is 4.79 Å². The van der Waals surface area contributed by atoms with E-state index in [1.165, 1.54) is 12.8 Å². The highest BCUT2D eigenvalue weighted by molar-refractivity contribution is 6.05. The molecule has 3 rings (SSSR count). The molecule has 1 saturated heterocycles. The fourth-order valence-electron chi connectivity index (χ4n) is 2.99. The van der Waals surface area contributed by atoms with E-state index in [0.717, 1.165) is 42.7 Å². The molecule has 21 heavy (non-hydrogen) atoms. The van der Waals surface area contributed by atoms with E-state index in [1.54, 1.807) is 0 Å². The number of rotatable bonds is 3. The van der Waals surface area contributed by atoms with E-state index in [9.17, 15) is 4.79 Å². The number of carbonyl (C=O) groups excluding carboxylic acids is 1. The van der Waals surface area contributed by atoms with Crippen molar-refractivity contribution in [2.24, 2.45) is 5.92 Å². The van der Waals surface area contributed by atoms with Crippen LogP contribution >= 0.6 is 0 Å². The Morgan fingerprint density at radius 1 is 1.33 bits per heavy atom. The van der Waals surface area contributed by atoms with Crippen LogP contribution in [0.4, 0.5) is 17.3 Å². The number of nitrogens with one attached hydrogen (secondary N) is 2. The number of aromatic nitrogens is 2. The van der Waals surface area contributed by atoms with Gasteiger partial charge in [0.2, 0.25) is 5.91 Å². The highest BCUT2D eigenvalue weighted by Gasteiger charge is 2.33. The molecule has 1 fully saturated rings. The van der Waals surface area contributed by atoms with Crippen molar-refractivity contribution in [3.63, 3.8) is 0 Å². The van der Waals surface area contributed by atoms with Crippen molar-refractivity contribution in [1.29, 1.82) is 0 Å². The molecule has 1 aromatic heterocycles. The number of amides is 1. The van der Waals surface area contributed by atoms with Crippen LogP contribution in [0.3, 0.4) is 0 Å². The Labute approximate surface area is 125 Å². The first kappa shape index (κ1) is 14.1. The number of fused-ring (bicyclic) bond motifs is 1. The largest absolute Gasteiger partial charge is 0.356 e. The number of aryl methyl sites for hydroxylation is 1. The van der Waals surface area contributed by atoms with Crippen LogP contribution in [-0.2, 0) is 4.79 Å². The van der Waals surface area contributed by atoms with Gasteiger partial charge in [-0.15, -0.1) is 0 Å². The van der Waals surface area contributed by atoms with Gasteiger partial charge >= 0.3 is 0 Å². The van der Waals surface area contributed by atoms with E-state index in [2.05, 4.69) is 39.3 Å². The number of hydrogen-bond acceptors (Lipinski definition) is 5. The summed E-state index contributed by atoms with van der Waals surface area (Å²) in [7, 11) is 0. The van der Waals surface area contributed by atoms with Crippen LogP contribution in [0.25, 0.3) is 0 Å². The third kappa shape index (κ3) is 2.54. The minimum absolute atomic E-state index is 0.0183. The minimum Gasteiger partial charge on any atom is -0.356 e. The van der Waals surface area contributed by atoms with Gasteiger partial charge in [-0.05, 0) is 25.7 Å². The quantitative estimate of drug-likeness (QED) is 0.892. The monoisotopic (exact) mass is 289 g/mol. The first-order valence-corrected chi connectivity index (χ1v) is 7.81. The van der Waals surface area contributed by atoms with E-state index in [4.69, 9.17) is 0 Å². The summed E-state index contributed by atoms with van der Waals surface area (Å²) in [5, 5.41) is 6.34. The van der Waals surface area contributed by atoms with Gasteiger partial charge in [0.25, 0.3) is 0 Å². The van der Waals surface area contributed by atoms with Gasteiger partial charge in [0, 0.05) is 13.1 Å². The summed E-state index contributed by atoms with van der Waals surface area (Å²) in [5.41, 5.74) is 0.743. The van der Waals surface area contributed by atoms with Gasteiger partial charge in [-0.2, -0.15) is 0 Å². The van der Waals surface area contributed by atoms with Gasteiger partial charge in [-0.3, -0.25) is 4.79 Å². The normalized spacial score (nSPS) is 22.5. The molecular formula is C15H23N5O. The fraction of sp³-hybridized carbons (Fsp3) is 0.667. The predicted molar refractivity (Wildman–Crippen MR) is 83.7 cm³/mol. The summed E-state index contributed by atoms with van der Waals surface area (Å²) in [6, 6.07) is -0.219. The number of nitrogens with zero attached hydrogens (tertiary/aromatic N) is 3. The van der Waals surface area contributed by atoms with Gasteiger partial charge in [-0.1, -0.05) is 20.3 Å². The summed E-state index contributed by atoms with van der Waals surface area (Å²) in [6.45, 7) is 8.06. The van der Waals surface area contributed by atoms with E-state index in [-0.39, 0.29) is 17.9 Å². The van der Waals surface area contributed by atoms with Crippen LogP contribution in [0.5, 0.6) is 0 Å². The number of hydrogen-bond donors (Lipinski definition) is 2. The van der Waals surface area contributed by atoms with E-state index in [0.29, 0.717) is 0 Å². The topological polar surface area (TPSA) is 70.2 Å². The average molecular weight is 289 g/mol. The molecular weight excluding hydrogens is 266 g/mol. The van der Waals surface area contributed by atoms with Gasteiger partial charge in [0.05, 0.1) is 0 Å². The van der Waals surface area contributed by atoms with Crippen LogP contribution < -0.4 is 15.5 Å². The summed E-state index contributed by atoms with van der Waals surface area (Å²) in [5.74, 6) is 2.64. The molecule has 0 aliphatic carbocycles. The van der Waals surface area contributed by atoms with Gasteiger partial charge in [0.1, 0.15) is 17.6 Å². The lowest BCUT2D eigenvalue weighted by molar-refractivity contribution is -0.118. The van der Waals surface area contributed by atoms with Gasteiger partial charge in [0.15, 0.2) is 11.6 Å². The van der Waals surface area contributed by atoms with Crippen molar-refractivity contribution in [3.05, 3.63) is 5.82 Å². The maximum Gasteiger partial charge on any atom is 0.247 e. The molecule has 114 valence electrons. The Morgan fingerprint density at radius 3 is 2.71 bits per heavy atom. The standard InChI is InChI=1S/C15H23N5O/c1-4-9(2)11-15(21)19-12-13(18-11)16-10(3)17-14(12)20-7-5-6-8-20/h9,11H,4-8H2,1-3H3,(H,19,21)(H,16,17,18). The molecule has 2 unspecified atom stereocenters. The molecule has 6 heteroatoms. The Balaban J connectivity index is 1.97. The third-order valence-electron chi connectivity index (χ3n) is 4.44. The van der Waals surface area contributed by atoms with Crippen LogP contribution in [0.1, 0.15) is 38.9 Å². The van der Waals surface area contributed by atoms with E-state index in [1.807, 2.05) is 6.92 Å². The molecule has 0 saturated carbocycles. The zero-order valence-electron chi connectivity index (χ0n) is 12.9. The molecule has 2 atom stereocenters. The zero-order chi connectivity index (χ0) is 15.0. The molecule has 1 aromatic rings. The van der Waals surface area contributed by atoms with Crippen LogP contribution in [0.15, 0.2) is 0 Å². The maximum atomic E-state index is 12.4. The molecule has 0 radical (unpaired) electrons. The smallest absolute Gasteiger partial charge is 0.247 e. The van der Waals surface area contributed by atoms with Gasteiger partial charge < -0.3 is 15.5 Å². The molecule has 2 aliphatic heterocycles. The molecule has 0 spiro atoms. The molecule has 2 aliphatic rings. The molecule has 2 N–H and O–H groups in total. The second-order valence-corrected chi connectivity index (χ2v) is 6.01. The SMILES string of the molecule is CCC(C)C1Nc2nc(C)nc(N3CCCC3)c2NC1=O. The number of carbonyl (C=O) groups is 1. The highest BCUT2D eigenvalue weighted by Crippen LogP contribution is 2.36. The van der Waals surface area contributed by atoms with Crippen LogP contribution in [0.2, 0.25) is 0 Å². The van der Waals surface area contributed by atoms with Crippen molar-refractivity contribution in [2.75, 3.05) is 28.6 Å². The summed E-state index contributed by atoms with van der Waals surface area (Å²) < 4.78 is 0. The summed E-state index contributed by atoms with van der Waals surface area (Å²) >= 11 is 0. The Morgan fingerprint density at radius 2 is 2.05 bits per heavy atom. The van der Waals surface area contributed by atoms with Crippen molar-refractivity contribution in [3.8, 4) is 0 Å². The Bertz CT molecular complexity index is 553. The van der Waals surface area contributed by atoms with Crippen molar-refractivity contribution in [1.82, 2.24) is 9.97 Å². The third-order valence-corrected chi connectivity index (χ3v) is 4.44. The lowest BCUT2D eigenvalue weighted by Crippen LogP contribution is -2.44. The molecule has 3 heterocycles. The van der Waals surface area contributed by atoms with Crippen molar-refractivity contribution >= 4 is 23.2 Å². The second-order valence-electron chi connectivity index (χ2n) is 6.01. The highest BCUT2D eigenvalue weighted by atomic mass is 16.2. The maximum absolute atomic E-state index is 12.4. The lowest BCUT2D eigenvalue weighted by atomic mass is 9.97. The summed E-state index contributed by atoms with van der Waals surface area (Å²) in [6.07, 6.45) is 3.30. The van der Waals surface area contributed by atoms with E-state index < -0.39 is 0 Å². The average Bonchev–Trinajstić information content (AvgIpc) is 2.99. The van der Waals surface area contributed by atoms with Crippen LogP contribution in [-0.4, -0.2) is 35.0 Å². The summed E-state index contributed by atoms with van der Waals surface area (Å²) in [4.78, 5) is 23.6. The Hall–Kier alpha value is -1.85. The molecule has 1 amide bonds. The van der Waals surface area contributed by atoms with Crippen molar-refractivity contribution in [2.45, 2.75) is 46.1 Å². The second kappa shape index (κ2) is 5.50. The predicted octanol–water partition coefficient (Wildman–Crippen LogP) is 2.16. The lowest BCUT2D eigenvalue weighted by Gasteiger charge is -2.32. The fourth-order valence-corrected chi connectivity index (χ4v) is 2.99. The molecule has 6 nitrogen and oxygen atoms in total. The first-order chi connectivity index (χ1) is 10.1. The molecule has 0 bridgehead atoms. The minimum atomic E-state index is -0.219. The molecule has 0 aromatic carbocycles. The first-order valence-electron chi connectivity index (χ1n) is 7.81.